The molecule has 0 heterocycles. The largest absolute Gasteiger partial charge is 1.00 e. The average Bonchev–Trinajstić information content (AvgIpc) is 2.02. The molecule has 0 amide bonds. The van der Waals surface area contributed by atoms with Gasteiger partial charge in [0.25, 0.3) is 0 Å². The van der Waals surface area contributed by atoms with Crippen molar-refractivity contribution in [2.45, 2.75) is 0 Å². The van der Waals surface area contributed by atoms with Gasteiger partial charge in [0, 0.05) is 6.08 Å². The van der Waals surface area contributed by atoms with Gasteiger partial charge in [-0.3, -0.25) is 0 Å². The van der Waals surface area contributed by atoms with Gasteiger partial charge < -0.3 is 14.6 Å². The van der Waals surface area contributed by atoms with Crippen molar-refractivity contribution in [2.24, 2.45) is 0 Å². The van der Waals surface area contributed by atoms with Crippen LogP contribution in [0.15, 0.2) is 11.8 Å². The number of rotatable bonds is 2. The second kappa shape index (κ2) is 7.15. The number of ether oxygens (including phenoxy) is 2. The normalized spacial score (nSPS) is 9.67. The van der Waals surface area contributed by atoms with Crippen molar-refractivity contribution in [1.82, 2.24) is 0 Å². The van der Waals surface area contributed by atoms with Crippen LogP contribution in [0, 0.1) is 0 Å². The first-order chi connectivity index (χ1) is 5.11. The summed E-state index contributed by atoms with van der Waals surface area (Å²) >= 11 is 0. The summed E-state index contributed by atoms with van der Waals surface area (Å²) in [5.74, 6) is -2.99. The summed E-state index contributed by atoms with van der Waals surface area (Å²) in [5.41, 5.74) is 0. The quantitative estimate of drug-likeness (QED) is 0.186. The van der Waals surface area contributed by atoms with Crippen LogP contribution in [0.4, 0.5) is 0 Å². The summed E-state index contributed by atoms with van der Waals surface area (Å²) in [6.07, 6.45) is 0.520. The van der Waals surface area contributed by atoms with Crippen molar-refractivity contribution >= 4 is 11.9 Å². The Bertz CT molecular complexity index is 198. The van der Waals surface area contributed by atoms with Gasteiger partial charge in [0.15, 0.2) is 0 Å². The standard InChI is InChI=1S/C6H8O5.Na/c1-10-5(8)3-4(7)6(9)11-2;/h3,7H,1-2H3;/q;+1/p-1. The zero-order valence-electron chi connectivity index (χ0n) is 7.12. The average molecular weight is 182 g/mol. The Balaban J connectivity index is 0. The molecular weight excluding hydrogens is 175 g/mol. The van der Waals surface area contributed by atoms with E-state index in [1.807, 2.05) is 0 Å². The summed E-state index contributed by atoms with van der Waals surface area (Å²) in [6.45, 7) is 0. The molecule has 0 aliphatic carbocycles. The Labute approximate surface area is 91.6 Å². The van der Waals surface area contributed by atoms with Gasteiger partial charge in [-0.1, -0.05) is 0 Å². The topological polar surface area (TPSA) is 75.7 Å². The first kappa shape index (κ1) is 14.0. The van der Waals surface area contributed by atoms with Crippen molar-refractivity contribution in [2.75, 3.05) is 14.2 Å². The minimum absolute atomic E-state index is 0. The van der Waals surface area contributed by atoms with Crippen LogP contribution in [0.3, 0.4) is 0 Å². The number of carbonyl (C=O) groups is 2. The van der Waals surface area contributed by atoms with E-state index in [4.69, 9.17) is 0 Å². The van der Waals surface area contributed by atoms with Crippen LogP contribution in [0.1, 0.15) is 0 Å². The molecule has 0 spiro atoms. The molecule has 0 aliphatic heterocycles. The van der Waals surface area contributed by atoms with E-state index in [2.05, 4.69) is 9.47 Å². The molecule has 6 heteroatoms. The van der Waals surface area contributed by atoms with Crippen molar-refractivity contribution in [3.05, 3.63) is 11.8 Å². The molecule has 12 heavy (non-hydrogen) atoms. The summed E-state index contributed by atoms with van der Waals surface area (Å²) < 4.78 is 8.12. The van der Waals surface area contributed by atoms with Crippen molar-refractivity contribution in [3.63, 3.8) is 0 Å². The number of carbonyl (C=O) groups excluding carboxylic acids is 2. The molecule has 0 saturated heterocycles. The van der Waals surface area contributed by atoms with E-state index in [1.54, 1.807) is 0 Å². The third kappa shape index (κ3) is 5.17. The molecule has 0 N–H and O–H groups in total. The van der Waals surface area contributed by atoms with Gasteiger partial charge in [-0.05, 0) is 5.76 Å². The van der Waals surface area contributed by atoms with Gasteiger partial charge >= 0.3 is 41.5 Å². The molecule has 0 unspecified atom stereocenters. The van der Waals surface area contributed by atoms with Crippen LogP contribution in [0.2, 0.25) is 0 Å². The maximum atomic E-state index is 10.5. The fraction of sp³-hybridized carbons (Fsp3) is 0.333. The predicted molar refractivity (Wildman–Crippen MR) is 32.1 cm³/mol. The second-order valence-electron chi connectivity index (χ2n) is 1.52. The van der Waals surface area contributed by atoms with E-state index in [-0.39, 0.29) is 29.6 Å². The molecule has 0 aliphatic rings. The van der Waals surface area contributed by atoms with Crippen molar-refractivity contribution in [1.29, 1.82) is 0 Å². The molecule has 62 valence electrons. The van der Waals surface area contributed by atoms with Crippen LogP contribution in [-0.4, -0.2) is 26.2 Å². The Morgan fingerprint density at radius 3 is 2.08 bits per heavy atom. The van der Waals surface area contributed by atoms with Crippen molar-refractivity contribution < 1.29 is 53.7 Å². The maximum Gasteiger partial charge on any atom is 1.00 e. The van der Waals surface area contributed by atoms with E-state index in [9.17, 15) is 14.7 Å². The summed E-state index contributed by atoms with van der Waals surface area (Å²) in [5, 5.41) is 10.5. The van der Waals surface area contributed by atoms with Gasteiger partial charge in [-0.2, -0.15) is 0 Å². The second-order valence-corrected chi connectivity index (χ2v) is 1.52. The smallest absolute Gasteiger partial charge is 0.867 e. The molecular formula is C6H7NaO5. The Morgan fingerprint density at radius 2 is 1.75 bits per heavy atom. The van der Waals surface area contributed by atoms with Crippen molar-refractivity contribution in [3.8, 4) is 0 Å². The zero-order chi connectivity index (χ0) is 8.85. The molecule has 0 rings (SSSR count). The minimum atomic E-state index is -1.09. The molecule has 0 bridgehead atoms. The van der Waals surface area contributed by atoms with E-state index >= 15 is 0 Å². The number of esters is 2. The summed E-state index contributed by atoms with van der Waals surface area (Å²) in [7, 11) is 2.15. The van der Waals surface area contributed by atoms with Crippen LogP contribution in [-0.2, 0) is 19.1 Å². The summed E-state index contributed by atoms with van der Waals surface area (Å²) in [4.78, 5) is 20.7. The van der Waals surface area contributed by atoms with Gasteiger partial charge in [0.1, 0.15) is 0 Å². The molecule has 5 nitrogen and oxygen atoms in total. The molecule has 0 aromatic carbocycles. The summed E-state index contributed by atoms with van der Waals surface area (Å²) in [6, 6.07) is 0. The molecule has 0 fully saturated rings. The molecule has 0 aromatic rings. The third-order valence-electron chi connectivity index (χ3n) is 0.837. The monoisotopic (exact) mass is 182 g/mol. The first-order valence-corrected chi connectivity index (χ1v) is 2.66. The van der Waals surface area contributed by atoms with Gasteiger partial charge in [-0.25, -0.2) is 9.59 Å². The number of methoxy groups -OCH3 is 2. The van der Waals surface area contributed by atoms with Crippen LogP contribution in [0.25, 0.3) is 0 Å². The predicted octanol–water partition coefficient (Wildman–Crippen LogP) is -4.42. The maximum absolute atomic E-state index is 10.5. The van der Waals surface area contributed by atoms with E-state index < -0.39 is 17.7 Å². The minimum Gasteiger partial charge on any atom is -0.867 e. The molecule has 0 aromatic heterocycles. The molecule has 0 atom stereocenters. The van der Waals surface area contributed by atoms with Crippen LogP contribution in [0.5, 0.6) is 0 Å². The molecule has 0 radical (unpaired) electrons. The SMILES string of the molecule is COC(=O)C=C([O-])C(=O)OC.[Na+]. The van der Waals surface area contributed by atoms with Crippen LogP contribution >= 0.6 is 0 Å². The molecule has 0 saturated carbocycles. The van der Waals surface area contributed by atoms with E-state index in [0.717, 1.165) is 14.2 Å². The van der Waals surface area contributed by atoms with Gasteiger partial charge in [0.05, 0.1) is 14.2 Å². The first-order valence-electron chi connectivity index (χ1n) is 2.66. The Kier molecular flexibility index (Phi) is 8.36. The number of hydrogen-bond donors (Lipinski definition) is 0. The third-order valence-corrected chi connectivity index (χ3v) is 0.837. The fourth-order valence-corrected chi connectivity index (χ4v) is 0.325. The van der Waals surface area contributed by atoms with E-state index in [0.29, 0.717) is 6.08 Å². The number of hydrogen-bond acceptors (Lipinski definition) is 5. The van der Waals surface area contributed by atoms with E-state index in [1.165, 1.54) is 0 Å². The van der Waals surface area contributed by atoms with Crippen LogP contribution < -0.4 is 34.7 Å². The fourth-order valence-electron chi connectivity index (χ4n) is 0.325. The Hall–Kier alpha value is -0.520. The Morgan fingerprint density at radius 1 is 1.25 bits per heavy atom. The van der Waals surface area contributed by atoms with Gasteiger partial charge in [0.2, 0.25) is 0 Å². The van der Waals surface area contributed by atoms with Gasteiger partial charge in [-0.15, -0.1) is 0 Å². The zero-order valence-corrected chi connectivity index (χ0v) is 9.12.